The van der Waals surface area contributed by atoms with Crippen molar-refractivity contribution in [1.29, 1.82) is 0 Å². The Balaban J connectivity index is 2.19. The van der Waals surface area contributed by atoms with E-state index >= 15 is 0 Å². The van der Waals surface area contributed by atoms with E-state index in [0.717, 1.165) is 5.69 Å². The van der Waals surface area contributed by atoms with Crippen molar-refractivity contribution in [3.05, 3.63) is 36.2 Å². The summed E-state index contributed by atoms with van der Waals surface area (Å²) in [6.45, 7) is 3.08. The topological polar surface area (TPSA) is 65.2 Å². The summed E-state index contributed by atoms with van der Waals surface area (Å²) >= 11 is 0. The smallest absolute Gasteiger partial charge is 0.303 e. The molecule has 0 saturated heterocycles. The molecule has 0 radical (unpaired) electrons. The van der Waals surface area contributed by atoms with Crippen molar-refractivity contribution in [1.82, 2.24) is 10.1 Å². The SMILES string of the molecule is CC(=O)O[C@H](C)c1cc(-c2ccccn2)no1. The monoisotopic (exact) mass is 232 g/mol. The van der Waals surface area contributed by atoms with Gasteiger partial charge in [-0.1, -0.05) is 11.2 Å². The lowest BCUT2D eigenvalue weighted by molar-refractivity contribution is -0.146. The Morgan fingerprint density at radius 1 is 1.41 bits per heavy atom. The number of carbonyl (C=O) groups excluding carboxylic acids is 1. The van der Waals surface area contributed by atoms with E-state index in [1.807, 2.05) is 18.2 Å². The first-order valence-electron chi connectivity index (χ1n) is 5.22. The fraction of sp³-hybridized carbons (Fsp3) is 0.250. The molecular formula is C12H12N2O3. The lowest BCUT2D eigenvalue weighted by Gasteiger charge is -2.06. The van der Waals surface area contributed by atoms with Crippen LogP contribution in [-0.4, -0.2) is 16.1 Å². The van der Waals surface area contributed by atoms with Crippen molar-refractivity contribution >= 4 is 5.97 Å². The number of carbonyl (C=O) groups is 1. The highest BCUT2D eigenvalue weighted by Gasteiger charge is 2.15. The number of aromatic nitrogens is 2. The van der Waals surface area contributed by atoms with Crippen LogP contribution in [0.15, 0.2) is 35.0 Å². The third-order valence-corrected chi connectivity index (χ3v) is 2.20. The minimum absolute atomic E-state index is 0.353. The molecule has 0 amide bonds. The molecule has 17 heavy (non-hydrogen) atoms. The van der Waals surface area contributed by atoms with E-state index in [1.54, 1.807) is 19.2 Å². The van der Waals surface area contributed by atoms with Gasteiger partial charge in [0.2, 0.25) is 0 Å². The molecule has 5 heteroatoms. The van der Waals surface area contributed by atoms with Crippen molar-refractivity contribution in [3.8, 4) is 11.4 Å². The normalized spacial score (nSPS) is 12.1. The molecule has 0 aromatic carbocycles. The Kier molecular flexibility index (Phi) is 3.18. The third kappa shape index (κ3) is 2.69. The number of pyridine rings is 1. The summed E-state index contributed by atoms with van der Waals surface area (Å²) in [7, 11) is 0. The zero-order chi connectivity index (χ0) is 12.3. The van der Waals surface area contributed by atoms with Gasteiger partial charge in [-0.3, -0.25) is 9.78 Å². The van der Waals surface area contributed by atoms with Crippen LogP contribution in [0.4, 0.5) is 0 Å². The molecule has 5 nitrogen and oxygen atoms in total. The quantitative estimate of drug-likeness (QED) is 0.760. The van der Waals surface area contributed by atoms with Gasteiger partial charge in [0.25, 0.3) is 0 Å². The van der Waals surface area contributed by atoms with Crippen LogP contribution in [0.25, 0.3) is 11.4 Å². The van der Waals surface area contributed by atoms with Gasteiger partial charge in [-0.25, -0.2) is 0 Å². The molecule has 0 unspecified atom stereocenters. The van der Waals surface area contributed by atoms with E-state index in [4.69, 9.17) is 9.26 Å². The van der Waals surface area contributed by atoms with Gasteiger partial charge in [-0.05, 0) is 19.1 Å². The first kappa shape index (κ1) is 11.3. The van der Waals surface area contributed by atoms with Crippen molar-refractivity contribution in [3.63, 3.8) is 0 Å². The summed E-state index contributed by atoms with van der Waals surface area (Å²) in [5.41, 5.74) is 1.34. The Morgan fingerprint density at radius 2 is 2.24 bits per heavy atom. The summed E-state index contributed by atoms with van der Waals surface area (Å²) in [6, 6.07) is 7.24. The summed E-state index contributed by atoms with van der Waals surface area (Å²) in [4.78, 5) is 15.0. The van der Waals surface area contributed by atoms with Crippen molar-refractivity contribution < 1.29 is 14.1 Å². The van der Waals surface area contributed by atoms with E-state index in [9.17, 15) is 4.79 Å². The first-order valence-corrected chi connectivity index (χ1v) is 5.22. The Morgan fingerprint density at radius 3 is 2.88 bits per heavy atom. The van der Waals surface area contributed by atoms with Gasteiger partial charge in [0.05, 0.1) is 5.69 Å². The second kappa shape index (κ2) is 4.78. The molecule has 0 aliphatic rings. The molecule has 1 atom stereocenters. The molecule has 0 aliphatic heterocycles. The lowest BCUT2D eigenvalue weighted by Crippen LogP contribution is -2.03. The maximum atomic E-state index is 10.8. The Labute approximate surface area is 98.4 Å². The van der Waals surface area contributed by atoms with E-state index in [0.29, 0.717) is 11.5 Å². The molecule has 2 aromatic heterocycles. The number of ether oxygens (including phenoxy) is 1. The van der Waals surface area contributed by atoms with E-state index in [2.05, 4.69) is 10.1 Å². The number of nitrogens with zero attached hydrogens (tertiary/aromatic N) is 2. The molecule has 0 saturated carbocycles. The molecule has 2 rings (SSSR count). The summed E-state index contributed by atoms with van der Waals surface area (Å²) in [5.74, 6) is 0.147. The van der Waals surface area contributed by atoms with Gasteiger partial charge < -0.3 is 9.26 Å². The van der Waals surface area contributed by atoms with E-state index < -0.39 is 6.10 Å². The van der Waals surface area contributed by atoms with Gasteiger partial charge in [0.15, 0.2) is 11.9 Å². The van der Waals surface area contributed by atoms with Crippen molar-refractivity contribution in [2.24, 2.45) is 0 Å². The molecule has 2 heterocycles. The second-order valence-corrected chi connectivity index (χ2v) is 3.58. The third-order valence-electron chi connectivity index (χ3n) is 2.20. The number of hydrogen-bond donors (Lipinski definition) is 0. The minimum atomic E-state index is -0.447. The average molecular weight is 232 g/mol. The van der Waals surface area contributed by atoms with Crippen LogP contribution in [0.1, 0.15) is 25.7 Å². The van der Waals surface area contributed by atoms with Crippen LogP contribution < -0.4 is 0 Å². The lowest BCUT2D eigenvalue weighted by atomic mass is 10.2. The molecule has 0 bridgehead atoms. The van der Waals surface area contributed by atoms with Gasteiger partial charge >= 0.3 is 5.97 Å². The van der Waals surface area contributed by atoms with Crippen LogP contribution in [-0.2, 0) is 9.53 Å². The van der Waals surface area contributed by atoms with Gasteiger partial charge in [0.1, 0.15) is 5.69 Å². The first-order chi connectivity index (χ1) is 8.16. The Bertz CT molecular complexity index is 507. The van der Waals surface area contributed by atoms with Gasteiger partial charge in [0, 0.05) is 19.2 Å². The van der Waals surface area contributed by atoms with Crippen LogP contribution >= 0.6 is 0 Å². The molecule has 2 aromatic rings. The van der Waals surface area contributed by atoms with Gasteiger partial charge in [-0.15, -0.1) is 0 Å². The summed E-state index contributed by atoms with van der Waals surface area (Å²) in [5, 5.41) is 3.89. The Hall–Kier alpha value is -2.17. The number of rotatable bonds is 3. The second-order valence-electron chi connectivity index (χ2n) is 3.58. The van der Waals surface area contributed by atoms with E-state index in [1.165, 1.54) is 6.92 Å². The van der Waals surface area contributed by atoms with Crippen LogP contribution in [0.5, 0.6) is 0 Å². The predicted molar refractivity (Wildman–Crippen MR) is 59.9 cm³/mol. The summed E-state index contributed by atoms with van der Waals surface area (Å²) < 4.78 is 10.1. The molecule has 0 N–H and O–H groups in total. The standard InChI is InChI=1S/C12H12N2O3/c1-8(16-9(2)15)12-7-11(14-17-12)10-5-3-4-6-13-10/h3-8H,1-2H3/t8-/m1/s1. The predicted octanol–water partition coefficient (Wildman–Crippen LogP) is 2.36. The van der Waals surface area contributed by atoms with Crippen LogP contribution in [0.3, 0.4) is 0 Å². The minimum Gasteiger partial charge on any atom is -0.455 e. The molecular weight excluding hydrogens is 220 g/mol. The highest BCUT2D eigenvalue weighted by molar-refractivity contribution is 5.66. The maximum Gasteiger partial charge on any atom is 0.303 e. The molecule has 0 spiro atoms. The number of hydrogen-bond acceptors (Lipinski definition) is 5. The number of esters is 1. The van der Waals surface area contributed by atoms with Crippen molar-refractivity contribution in [2.75, 3.05) is 0 Å². The largest absolute Gasteiger partial charge is 0.455 e. The van der Waals surface area contributed by atoms with Gasteiger partial charge in [-0.2, -0.15) is 0 Å². The van der Waals surface area contributed by atoms with Crippen LogP contribution in [0, 0.1) is 0 Å². The van der Waals surface area contributed by atoms with E-state index in [-0.39, 0.29) is 5.97 Å². The average Bonchev–Trinajstić information content (AvgIpc) is 2.78. The fourth-order valence-electron chi connectivity index (χ4n) is 1.42. The van der Waals surface area contributed by atoms with Crippen LogP contribution in [0.2, 0.25) is 0 Å². The summed E-state index contributed by atoms with van der Waals surface area (Å²) in [6.07, 6.45) is 1.23. The highest BCUT2D eigenvalue weighted by atomic mass is 16.6. The molecule has 88 valence electrons. The van der Waals surface area contributed by atoms with Crippen molar-refractivity contribution in [2.45, 2.75) is 20.0 Å². The maximum absolute atomic E-state index is 10.8. The molecule has 0 aliphatic carbocycles. The fourth-order valence-corrected chi connectivity index (χ4v) is 1.42. The highest BCUT2D eigenvalue weighted by Crippen LogP contribution is 2.22. The zero-order valence-corrected chi connectivity index (χ0v) is 9.58. The zero-order valence-electron chi connectivity index (χ0n) is 9.58. The molecule has 0 fully saturated rings.